The quantitative estimate of drug-likeness (QED) is 0.685. The Bertz CT molecular complexity index is 605. The number of amides is 1. The molecule has 2 aromatic rings. The second-order valence-corrected chi connectivity index (χ2v) is 6.54. The van der Waals surface area contributed by atoms with E-state index in [1.54, 1.807) is 0 Å². The van der Waals surface area contributed by atoms with Crippen LogP contribution in [0.2, 0.25) is 0 Å². The monoisotopic (exact) mass is 324 g/mol. The molecule has 2 N–H and O–H groups in total. The van der Waals surface area contributed by atoms with Crippen LogP contribution in [-0.2, 0) is 11.3 Å². The zero-order chi connectivity index (χ0) is 17.2. The van der Waals surface area contributed by atoms with Crippen LogP contribution < -0.4 is 10.6 Å². The van der Waals surface area contributed by atoms with Crippen LogP contribution in [0.15, 0.2) is 54.6 Å². The minimum absolute atomic E-state index is 0.154. The van der Waals surface area contributed by atoms with Crippen molar-refractivity contribution in [1.82, 2.24) is 10.6 Å². The Hall–Kier alpha value is -2.13. The molecule has 0 aliphatic heterocycles. The summed E-state index contributed by atoms with van der Waals surface area (Å²) in [6.07, 6.45) is 1.56. The highest BCUT2D eigenvalue weighted by Crippen LogP contribution is 2.19. The van der Waals surface area contributed by atoms with E-state index in [1.807, 2.05) is 6.07 Å². The first-order chi connectivity index (χ1) is 11.6. The smallest absolute Gasteiger partial charge is 0.220 e. The van der Waals surface area contributed by atoms with Crippen molar-refractivity contribution in [3.8, 4) is 11.1 Å². The molecule has 1 amide bonds. The Morgan fingerprint density at radius 2 is 1.58 bits per heavy atom. The van der Waals surface area contributed by atoms with Gasteiger partial charge in [-0.15, -0.1) is 0 Å². The SMILES string of the molecule is CC(C)CC(=O)NCCCNCc1ccc(-c2ccccc2)cc1. The Morgan fingerprint density at radius 1 is 0.917 bits per heavy atom. The second-order valence-electron chi connectivity index (χ2n) is 6.54. The van der Waals surface area contributed by atoms with Crippen LogP contribution in [0.4, 0.5) is 0 Å². The minimum atomic E-state index is 0.154. The number of hydrogen-bond donors (Lipinski definition) is 2. The number of rotatable bonds is 9. The first-order valence-corrected chi connectivity index (χ1v) is 8.77. The summed E-state index contributed by atoms with van der Waals surface area (Å²) in [6, 6.07) is 19.1. The molecule has 2 rings (SSSR count). The van der Waals surface area contributed by atoms with E-state index in [1.165, 1.54) is 16.7 Å². The first kappa shape index (κ1) is 18.2. The normalized spacial score (nSPS) is 10.8. The Labute approximate surface area is 145 Å². The van der Waals surface area contributed by atoms with E-state index in [0.29, 0.717) is 12.3 Å². The molecule has 24 heavy (non-hydrogen) atoms. The van der Waals surface area contributed by atoms with Crippen molar-refractivity contribution in [3.63, 3.8) is 0 Å². The van der Waals surface area contributed by atoms with Gasteiger partial charge in [-0.2, -0.15) is 0 Å². The third-order valence-corrected chi connectivity index (χ3v) is 3.84. The molecule has 0 heterocycles. The molecule has 3 heteroatoms. The van der Waals surface area contributed by atoms with Gasteiger partial charge < -0.3 is 10.6 Å². The van der Waals surface area contributed by atoms with E-state index >= 15 is 0 Å². The van der Waals surface area contributed by atoms with Crippen molar-refractivity contribution in [3.05, 3.63) is 60.2 Å². The molecule has 3 nitrogen and oxygen atoms in total. The van der Waals surface area contributed by atoms with Gasteiger partial charge in [0.1, 0.15) is 0 Å². The van der Waals surface area contributed by atoms with Crippen molar-refractivity contribution < 1.29 is 4.79 Å². The molecule has 0 saturated carbocycles. The fraction of sp³-hybridized carbons (Fsp3) is 0.381. The molecule has 0 unspecified atom stereocenters. The number of benzene rings is 2. The van der Waals surface area contributed by atoms with Crippen LogP contribution in [0.1, 0.15) is 32.3 Å². The molecular weight excluding hydrogens is 296 g/mol. The topological polar surface area (TPSA) is 41.1 Å². The minimum Gasteiger partial charge on any atom is -0.356 e. The Morgan fingerprint density at radius 3 is 2.25 bits per heavy atom. The predicted molar refractivity (Wildman–Crippen MR) is 101 cm³/mol. The molecular formula is C21H28N2O. The van der Waals surface area contributed by atoms with Gasteiger partial charge >= 0.3 is 0 Å². The van der Waals surface area contributed by atoms with Crippen molar-refractivity contribution in [2.75, 3.05) is 13.1 Å². The summed E-state index contributed by atoms with van der Waals surface area (Å²) in [5.74, 6) is 0.573. The highest BCUT2D eigenvalue weighted by molar-refractivity contribution is 5.75. The van der Waals surface area contributed by atoms with Gasteiger partial charge in [-0.05, 0) is 35.6 Å². The number of hydrogen-bond acceptors (Lipinski definition) is 2. The molecule has 0 aliphatic carbocycles. The first-order valence-electron chi connectivity index (χ1n) is 8.77. The van der Waals surface area contributed by atoms with Gasteiger partial charge in [0.2, 0.25) is 5.91 Å². The van der Waals surface area contributed by atoms with E-state index < -0.39 is 0 Å². The molecule has 128 valence electrons. The van der Waals surface area contributed by atoms with Crippen LogP contribution in [0.5, 0.6) is 0 Å². The average Bonchev–Trinajstić information content (AvgIpc) is 2.58. The van der Waals surface area contributed by atoms with Gasteiger partial charge in [-0.25, -0.2) is 0 Å². The summed E-state index contributed by atoms with van der Waals surface area (Å²) in [6.45, 7) is 6.62. The maximum atomic E-state index is 11.5. The molecule has 0 radical (unpaired) electrons. The summed E-state index contributed by atoms with van der Waals surface area (Å²) in [4.78, 5) is 11.5. The fourth-order valence-corrected chi connectivity index (χ4v) is 2.56. The van der Waals surface area contributed by atoms with E-state index in [4.69, 9.17) is 0 Å². The Balaban J connectivity index is 1.64. The molecule has 0 spiro atoms. The van der Waals surface area contributed by atoms with Gasteiger partial charge in [-0.3, -0.25) is 4.79 Å². The number of nitrogens with one attached hydrogen (secondary N) is 2. The largest absolute Gasteiger partial charge is 0.356 e. The second kappa shape index (κ2) is 9.89. The summed E-state index contributed by atoms with van der Waals surface area (Å²) in [5, 5.41) is 6.38. The zero-order valence-corrected chi connectivity index (χ0v) is 14.7. The van der Waals surface area contributed by atoms with Crippen molar-refractivity contribution in [1.29, 1.82) is 0 Å². The van der Waals surface area contributed by atoms with Crippen molar-refractivity contribution in [2.45, 2.75) is 33.2 Å². The predicted octanol–water partition coefficient (Wildman–Crippen LogP) is 4.00. The lowest BCUT2D eigenvalue weighted by Crippen LogP contribution is -2.28. The third-order valence-electron chi connectivity index (χ3n) is 3.84. The highest BCUT2D eigenvalue weighted by atomic mass is 16.1. The molecule has 0 bridgehead atoms. The van der Waals surface area contributed by atoms with Gasteiger partial charge in [0.25, 0.3) is 0 Å². The fourth-order valence-electron chi connectivity index (χ4n) is 2.56. The maximum absolute atomic E-state index is 11.5. The van der Waals surface area contributed by atoms with E-state index in [2.05, 4.69) is 73.0 Å². The van der Waals surface area contributed by atoms with Gasteiger partial charge in [0.15, 0.2) is 0 Å². The lowest BCUT2D eigenvalue weighted by molar-refractivity contribution is -0.121. The number of carbonyl (C=O) groups excluding carboxylic acids is 1. The number of carbonyl (C=O) groups is 1. The van der Waals surface area contributed by atoms with E-state index in [-0.39, 0.29) is 5.91 Å². The van der Waals surface area contributed by atoms with Crippen LogP contribution in [0, 0.1) is 5.92 Å². The van der Waals surface area contributed by atoms with Crippen LogP contribution in [0.25, 0.3) is 11.1 Å². The van der Waals surface area contributed by atoms with E-state index in [9.17, 15) is 4.79 Å². The summed E-state index contributed by atoms with van der Waals surface area (Å²) < 4.78 is 0. The maximum Gasteiger partial charge on any atom is 0.220 e. The van der Waals surface area contributed by atoms with Gasteiger partial charge in [0.05, 0.1) is 0 Å². The lowest BCUT2D eigenvalue weighted by atomic mass is 10.0. The van der Waals surface area contributed by atoms with Gasteiger partial charge in [0, 0.05) is 19.5 Å². The summed E-state index contributed by atoms with van der Waals surface area (Å²) in [5.41, 5.74) is 3.76. The van der Waals surface area contributed by atoms with Crippen LogP contribution >= 0.6 is 0 Å². The van der Waals surface area contributed by atoms with E-state index in [0.717, 1.165) is 26.1 Å². The zero-order valence-electron chi connectivity index (χ0n) is 14.7. The third kappa shape index (κ3) is 6.55. The molecule has 0 aromatic heterocycles. The van der Waals surface area contributed by atoms with Crippen molar-refractivity contribution in [2.24, 2.45) is 5.92 Å². The average molecular weight is 324 g/mol. The molecule has 0 fully saturated rings. The van der Waals surface area contributed by atoms with Gasteiger partial charge in [-0.1, -0.05) is 68.4 Å². The molecule has 2 aromatic carbocycles. The lowest BCUT2D eigenvalue weighted by Gasteiger charge is -2.08. The Kier molecular flexibility index (Phi) is 7.50. The summed E-state index contributed by atoms with van der Waals surface area (Å²) >= 11 is 0. The molecule has 0 aliphatic rings. The molecule has 0 atom stereocenters. The highest BCUT2D eigenvalue weighted by Gasteiger charge is 2.03. The molecule has 0 saturated heterocycles. The van der Waals surface area contributed by atoms with Crippen LogP contribution in [-0.4, -0.2) is 19.0 Å². The standard InChI is InChI=1S/C21H28N2O/c1-17(2)15-21(24)23-14-6-13-22-16-18-9-11-20(12-10-18)19-7-4-3-5-8-19/h3-5,7-12,17,22H,6,13-16H2,1-2H3,(H,23,24). The van der Waals surface area contributed by atoms with Crippen LogP contribution in [0.3, 0.4) is 0 Å². The summed E-state index contributed by atoms with van der Waals surface area (Å²) in [7, 11) is 0. The van der Waals surface area contributed by atoms with Crippen molar-refractivity contribution >= 4 is 5.91 Å².